The number of rotatable bonds is 1. The number of halogens is 4. The zero-order valence-corrected chi connectivity index (χ0v) is 10.4. The van der Waals surface area contributed by atoms with Gasteiger partial charge in [-0.3, -0.25) is 4.99 Å². The molecular weight excluding hydrogens is 297 g/mol. The van der Waals surface area contributed by atoms with Gasteiger partial charge in [-0.15, -0.1) is 0 Å². The molecule has 1 heterocycles. The van der Waals surface area contributed by atoms with Crippen molar-refractivity contribution in [2.24, 2.45) is 4.99 Å². The second-order valence-corrected chi connectivity index (χ2v) is 4.70. The van der Waals surface area contributed by atoms with E-state index in [0.717, 1.165) is 37.4 Å². The topological polar surface area (TPSA) is 24.4 Å². The van der Waals surface area contributed by atoms with Crippen LogP contribution >= 0.6 is 15.9 Å². The van der Waals surface area contributed by atoms with Crippen molar-refractivity contribution in [3.05, 3.63) is 28.2 Å². The molecule has 0 saturated heterocycles. The van der Waals surface area contributed by atoms with Gasteiger partial charge in [-0.1, -0.05) is 15.9 Å². The van der Waals surface area contributed by atoms with Gasteiger partial charge in [0.1, 0.15) is 5.84 Å². The van der Waals surface area contributed by atoms with Gasteiger partial charge in [0, 0.05) is 23.1 Å². The smallest absolute Gasteiger partial charge is 0.344 e. The van der Waals surface area contributed by atoms with Crippen LogP contribution in [0.1, 0.15) is 18.4 Å². The number of aliphatic imine (C=N–C) groups is 1. The van der Waals surface area contributed by atoms with Crippen LogP contribution in [-0.2, 0) is 6.18 Å². The van der Waals surface area contributed by atoms with E-state index >= 15 is 0 Å². The Bertz CT molecular complexity index is 455. The summed E-state index contributed by atoms with van der Waals surface area (Å²) in [5.41, 5.74) is -0.264. The van der Waals surface area contributed by atoms with Crippen molar-refractivity contribution in [3.8, 4) is 0 Å². The molecule has 17 heavy (non-hydrogen) atoms. The predicted octanol–water partition coefficient (Wildman–Crippen LogP) is 4.07. The molecule has 0 spiro atoms. The Labute approximate surface area is 105 Å². The summed E-state index contributed by atoms with van der Waals surface area (Å²) in [6.45, 7) is 0.739. The van der Waals surface area contributed by atoms with Crippen LogP contribution in [0.15, 0.2) is 27.7 Å². The molecule has 0 fully saturated rings. The standard InChI is InChI=1S/C11H10BrF3N2/c12-8-4-7(11(13,14)15)5-9(6-8)17-10-2-1-3-16-10/h4-6H,1-3H2,(H,16,17). The lowest BCUT2D eigenvalue weighted by molar-refractivity contribution is -0.137. The lowest BCUT2D eigenvalue weighted by atomic mass is 10.2. The average Bonchev–Trinajstić information content (AvgIpc) is 2.68. The van der Waals surface area contributed by atoms with Crippen molar-refractivity contribution in [2.75, 3.05) is 11.9 Å². The Morgan fingerprint density at radius 3 is 2.59 bits per heavy atom. The van der Waals surface area contributed by atoms with E-state index in [0.29, 0.717) is 10.2 Å². The molecule has 92 valence electrons. The van der Waals surface area contributed by atoms with Gasteiger partial charge in [-0.25, -0.2) is 0 Å². The van der Waals surface area contributed by atoms with E-state index in [2.05, 4.69) is 26.2 Å². The van der Waals surface area contributed by atoms with E-state index in [4.69, 9.17) is 0 Å². The first-order chi connectivity index (χ1) is 7.95. The van der Waals surface area contributed by atoms with E-state index in [9.17, 15) is 13.2 Å². The third-order valence-electron chi connectivity index (χ3n) is 2.39. The van der Waals surface area contributed by atoms with Crippen LogP contribution < -0.4 is 5.32 Å². The first kappa shape index (κ1) is 12.4. The van der Waals surface area contributed by atoms with Crippen LogP contribution in [-0.4, -0.2) is 12.4 Å². The predicted molar refractivity (Wildman–Crippen MR) is 64.3 cm³/mol. The maximum absolute atomic E-state index is 12.6. The van der Waals surface area contributed by atoms with E-state index in [1.807, 2.05) is 0 Å². The Morgan fingerprint density at radius 1 is 1.24 bits per heavy atom. The van der Waals surface area contributed by atoms with Gasteiger partial charge in [-0.05, 0) is 24.6 Å². The number of anilines is 1. The zero-order chi connectivity index (χ0) is 12.5. The first-order valence-electron chi connectivity index (χ1n) is 5.13. The SMILES string of the molecule is FC(F)(F)c1cc(Br)cc(NC2=NCCC2)c1. The van der Waals surface area contributed by atoms with Crippen molar-refractivity contribution in [1.29, 1.82) is 0 Å². The summed E-state index contributed by atoms with van der Waals surface area (Å²) >= 11 is 3.07. The number of hydrogen-bond donors (Lipinski definition) is 1. The highest BCUT2D eigenvalue weighted by Gasteiger charge is 2.31. The molecule has 1 aromatic rings. The van der Waals surface area contributed by atoms with E-state index in [1.54, 1.807) is 6.07 Å². The summed E-state index contributed by atoms with van der Waals surface area (Å²) in [5, 5.41) is 2.91. The maximum atomic E-state index is 12.6. The normalized spacial score (nSPS) is 15.9. The fourth-order valence-electron chi connectivity index (χ4n) is 1.63. The second kappa shape index (κ2) is 4.68. The lowest BCUT2D eigenvalue weighted by Crippen LogP contribution is -2.10. The molecule has 6 heteroatoms. The largest absolute Gasteiger partial charge is 0.416 e. The van der Waals surface area contributed by atoms with Gasteiger partial charge < -0.3 is 5.32 Å². The summed E-state index contributed by atoms with van der Waals surface area (Å²) in [6, 6.07) is 3.75. The molecule has 0 bridgehead atoms. The molecule has 0 radical (unpaired) electrons. The number of amidine groups is 1. The molecular formula is C11H10BrF3N2. The first-order valence-corrected chi connectivity index (χ1v) is 5.92. The van der Waals surface area contributed by atoms with Crippen molar-refractivity contribution in [2.45, 2.75) is 19.0 Å². The van der Waals surface area contributed by atoms with Crippen LogP contribution in [0.3, 0.4) is 0 Å². The summed E-state index contributed by atoms with van der Waals surface area (Å²) < 4.78 is 38.1. The van der Waals surface area contributed by atoms with Gasteiger partial charge in [0.15, 0.2) is 0 Å². The van der Waals surface area contributed by atoms with Gasteiger partial charge >= 0.3 is 6.18 Å². The molecule has 0 atom stereocenters. The Hall–Kier alpha value is -1.04. The number of benzene rings is 1. The summed E-state index contributed by atoms with van der Waals surface area (Å²) in [5.74, 6) is 0.747. The third-order valence-corrected chi connectivity index (χ3v) is 2.85. The molecule has 1 N–H and O–H groups in total. The molecule has 0 aromatic heterocycles. The summed E-state index contributed by atoms with van der Waals surface area (Å²) in [4.78, 5) is 4.16. The Kier molecular flexibility index (Phi) is 3.42. The third kappa shape index (κ3) is 3.21. The van der Waals surface area contributed by atoms with Gasteiger partial charge in [-0.2, -0.15) is 13.2 Å². The summed E-state index contributed by atoms with van der Waals surface area (Å²) in [7, 11) is 0. The quantitative estimate of drug-likeness (QED) is 0.831. The average molecular weight is 307 g/mol. The molecule has 1 aromatic carbocycles. The Morgan fingerprint density at radius 2 is 2.00 bits per heavy atom. The minimum Gasteiger partial charge on any atom is -0.344 e. The van der Waals surface area contributed by atoms with E-state index in [-0.39, 0.29) is 0 Å². The maximum Gasteiger partial charge on any atom is 0.416 e. The molecule has 0 unspecified atom stereocenters. The molecule has 0 aliphatic carbocycles. The highest BCUT2D eigenvalue weighted by Crippen LogP contribution is 2.33. The van der Waals surface area contributed by atoms with Crippen molar-refractivity contribution in [1.82, 2.24) is 0 Å². The molecule has 0 saturated carbocycles. The van der Waals surface area contributed by atoms with Crippen molar-refractivity contribution < 1.29 is 13.2 Å². The van der Waals surface area contributed by atoms with Crippen molar-refractivity contribution >= 4 is 27.5 Å². The number of nitrogens with zero attached hydrogens (tertiary/aromatic N) is 1. The zero-order valence-electron chi connectivity index (χ0n) is 8.81. The highest BCUT2D eigenvalue weighted by atomic mass is 79.9. The monoisotopic (exact) mass is 306 g/mol. The van der Waals surface area contributed by atoms with Gasteiger partial charge in [0.05, 0.1) is 5.56 Å². The molecule has 1 aliphatic rings. The second-order valence-electron chi connectivity index (χ2n) is 3.78. The molecule has 2 rings (SSSR count). The number of hydrogen-bond acceptors (Lipinski definition) is 2. The van der Waals surface area contributed by atoms with E-state index in [1.165, 1.54) is 0 Å². The fourth-order valence-corrected chi connectivity index (χ4v) is 2.13. The molecule has 2 nitrogen and oxygen atoms in total. The molecule has 0 amide bonds. The van der Waals surface area contributed by atoms with Crippen LogP contribution in [0, 0.1) is 0 Å². The van der Waals surface area contributed by atoms with Gasteiger partial charge in [0.2, 0.25) is 0 Å². The fraction of sp³-hybridized carbons (Fsp3) is 0.364. The van der Waals surface area contributed by atoms with Crippen LogP contribution in [0.2, 0.25) is 0 Å². The highest BCUT2D eigenvalue weighted by molar-refractivity contribution is 9.10. The van der Waals surface area contributed by atoms with E-state index < -0.39 is 11.7 Å². The van der Waals surface area contributed by atoms with Crippen molar-refractivity contribution in [3.63, 3.8) is 0 Å². The number of alkyl halides is 3. The minimum absolute atomic E-state index is 0.397. The number of nitrogens with one attached hydrogen (secondary N) is 1. The van der Waals surface area contributed by atoms with Gasteiger partial charge in [0.25, 0.3) is 0 Å². The van der Waals surface area contributed by atoms with Crippen LogP contribution in [0.5, 0.6) is 0 Å². The van der Waals surface area contributed by atoms with Crippen LogP contribution in [0.4, 0.5) is 18.9 Å². The lowest BCUT2D eigenvalue weighted by Gasteiger charge is -2.11. The Balaban J connectivity index is 2.25. The summed E-state index contributed by atoms with van der Waals surface area (Å²) in [6.07, 6.45) is -2.60. The molecule has 1 aliphatic heterocycles. The van der Waals surface area contributed by atoms with Crippen LogP contribution in [0.25, 0.3) is 0 Å². The minimum atomic E-state index is -4.34.